The minimum absolute atomic E-state index is 0.0564. The zero-order chi connectivity index (χ0) is 15.1. The summed E-state index contributed by atoms with van der Waals surface area (Å²) in [6.45, 7) is 0. The third-order valence-electron chi connectivity index (χ3n) is 2.77. The number of nitro benzene ring substituents is 1. The van der Waals surface area contributed by atoms with Crippen molar-refractivity contribution in [2.24, 2.45) is 5.10 Å². The Morgan fingerprint density at radius 1 is 1.14 bits per heavy atom. The number of carbonyl (C=O) groups excluding carboxylic acids is 1. The van der Waals surface area contributed by atoms with Crippen molar-refractivity contribution in [3.05, 3.63) is 75.8 Å². The van der Waals surface area contributed by atoms with Gasteiger partial charge in [-0.25, -0.2) is 5.43 Å². The van der Waals surface area contributed by atoms with Crippen molar-refractivity contribution in [2.45, 2.75) is 6.42 Å². The van der Waals surface area contributed by atoms with Gasteiger partial charge in [0.05, 0.1) is 4.92 Å². The van der Waals surface area contributed by atoms with Gasteiger partial charge in [0, 0.05) is 30.3 Å². The molecule has 0 atom stereocenters. The van der Waals surface area contributed by atoms with Gasteiger partial charge in [-0.3, -0.25) is 14.9 Å². The van der Waals surface area contributed by atoms with Crippen LogP contribution in [0.4, 0.5) is 5.69 Å². The first-order valence-electron chi connectivity index (χ1n) is 6.27. The lowest BCUT2D eigenvalue weighted by Crippen LogP contribution is -2.17. The van der Waals surface area contributed by atoms with Crippen molar-refractivity contribution < 1.29 is 9.72 Å². The van der Waals surface area contributed by atoms with Gasteiger partial charge in [-0.2, -0.15) is 5.10 Å². The summed E-state index contributed by atoms with van der Waals surface area (Å²) in [5.41, 5.74) is 3.73. The summed E-state index contributed by atoms with van der Waals surface area (Å²) >= 11 is 0. The van der Waals surface area contributed by atoms with Gasteiger partial charge in [0.2, 0.25) is 0 Å². The molecule has 2 rings (SSSR count). The van der Waals surface area contributed by atoms with E-state index in [1.54, 1.807) is 6.21 Å². The third kappa shape index (κ3) is 4.24. The highest BCUT2D eigenvalue weighted by atomic mass is 16.6. The van der Waals surface area contributed by atoms with E-state index in [1.807, 2.05) is 30.3 Å². The topological polar surface area (TPSA) is 84.6 Å². The highest BCUT2D eigenvalue weighted by molar-refractivity contribution is 5.94. The lowest BCUT2D eigenvalue weighted by Gasteiger charge is -1.99. The van der Waals surface area contributed by atoms with Crippen LogP contribution >= 0.6 is 0 Å². The smallest absolute Gasteiger partial charge is 0.267 e. The molecule has 0 aliphatic heterocycles. The molecule has 106 valence electrons. The van der Waals surface area contributed by atoms with Gasteiger partial charge < -0.3 is 0 Å². The van der Waals surface area contributed by atoms with Crippen molar-refractivity contribution in [1.29, 1.82) is 0 Å². The minimum Gasteiger partial charge on any atom is -0.267 e. The fourth-order valence-electron chi connectivity index (χ4n) is 1.67. The van der Waals surface area contributed by atoms with Crippen molar-refractivity contribution >= 4 is 17.8 Å². The van der Waals surface area contributed by atoms with Gasteiger partial charge in [-0.1, -0.05) is 30.3 Å². The molecule has 0 aliphatic carbocycles. The molecule has 0 fully saturated rings. The van der Waals surface area contributed by atoms with Crippen molar-refractivity contribution in [3.63, 3.8) is 0 Å². The van der Waals surface area contributed by atoms with Crippen molar-refractivity contribution in [2.75, 3.05) is 0 Å². The quantitative estimate of drug-likeness (QED) is 0.520. The van der Waals surface area contributed by atoms with Gasteiger partial charge in [0.1, 0.15) is 0 Å². The molecule has 0 aromatic heterocycles. The molecule has 0 radical (unpaired) electrons. The number of hydrogen-bond acceptors (Lipinski definition) is 4. The molecular formula is C15H13N3O3. The first kappa shape index (κ1) is 14.4. The number of amides is 1. The van der Waals surface area contributed by atoms with E-state index in [2.05, 4.69) is 10.5 Å². The number of nitrogens with one attached hydrogen (secondary N) is 1. The maximum absolute atomic E-state index is 11.7. The van der Waals surface area contributed by atoms with E-state index in [0.29, 0.717) is 12.0 Å². The molecule has 6 heteroatoms. The molecule has 0 saturated carbocycles. The standard InChI is InChI=1S/C15H13N3O3/c19-15(13-6-8-14(9-7-13)18(20)21)17-16-11-10-12-4-2-1-3-5-12/h1-9,11H,10H2,(H,17,19)/b16-11+. The van der Waals surface area contributed by atoms with E-state index in [1.165, 1.54) is 24.3 Å². The normalized spacial score (nSPS) is 10.5. The maximum atomic E-state index is 11.7. The Balaban J connectivity index is 1.88. The Hall–Kier alpha value is -3.02. The molecule has 1 N–H and O–H groups in total. The molecule has 0 aliphatic rings. The molecule has 0 bridgehead atoms. The Morgan fingerprint density at radius 2 is 1.81 bits per heavy atom. The van der Waals surface area contributed by atoms with E-state index >= 15 is 0 Å². The van der Waals surface area contributed by atoms with Gasteiger partial charge in [-0.15, -0.1) is 0 Å². The van der Waals surface area contributed by atoms with Gasteiger partial charge in [0.15, 0.2) is 0 Å². The predicted molar refractivity (Wildman–Crippen MR) is 79.2 cm³/mol. The first-order chi connectivity index (χ1) is 10.2. The summed E-state index contributed by atoms with van der Waals surface area (Å²) in [5, 5.41) is 14.4. The fraction of sp³-hybridized carbons (Fsp3) is 0.0667. The van der Waals surface area contributed by atoms with E-state index in [4.69, 9.17) is 0 Å². The summed E-state index contributed by atoms with van der Waals surface area (Å²) in [7, 11) is 0. The second-order valence-electron chi connectivity index (χ2n) is 4.25. The molecule has 0 heterocycles. The highest BCUT2D eigenvalue weighted by Gasteiger charge is 2.08. The number of hydrogen-bond donors (Lipinski definition) is 1. The number of nitrogens with zero attached hydrogens (tertiary/aromatic N) is 2. The summed E-state index contributed by atoms with van der Waals surface area (Å²) in [5.74, 6) is -0.408. The number of rotatable bonds is 5. The fourth-order valence-corrected chi connectivity index (χ4v) is 1.67. The Bertz CT molecular complexity index is 652. The van der Waals surface area contributed by atoms with Crippen molar-refractivity contribution in [1.82, 2.24) is 5.43 Å². The van der Waals surface area contributed by atoms with Crippen LogP contribution in [0.1, 0.15) is 15.9 Å². The number of carbonyl (C=O) groups is 1. The number of nitro groups is 1. The minimum atomic E-state index is -0.514. The molecule has 1 amide bonds. The molecule has 2 aromatic carbocycles. The SMILES string of the molecule is O=C(N/N=C/Cc1ccccc1)c1ccc([N+](=O)[O-])cc1. The predicted octanol–water partition coefficient (Wildman–Crippen LogP) is 2.55. The molecule has 0 spiro atoms. The van der Waals surface area contributed by atoms with Gasteiger partial charge >= 0.3 is 0 Å². The highest BCUT2D eigenvalue weighted by Crippen LogP contribution is 2.11. The molecular weight excluding hydrogens is 270 g/mol. The number of non-ortho nitro benzene ring substituents is 1. The van der Waals surface area contributed by atoms with Crippen LogP contribution in [-0.2, 0) is 6.42 Å². The van der Waals surface area contributed by atoms with E-state index in [0.717, 1.165) is 5.56 Å². The van der Waals surface area contributed by atoms with Gasteiger partial charge in [-0.05, 0) is 17.7 Å². The van der Waals surface area contributed by atoms with Crippen LogP contribution < -0.4 is 5.43 Å². The third-order valence-corrected chi connectivity index (χ3v) is 2.77. The zero-order valence-corrected chi connectivity index (χ0v) is 11.1. The Labute approximate surface area is 121 Å². The molecule has 21 heavy (non-hydrogen) atoms. The molecule has 2 aromatic rings. The Kier molecular flexibility index (Phi) is 4.76. The first-order valence-corrected chi connectivity index (χ1v) is 6.27. The van der Waals surface area contributed by atoms with E-state index < -0.39 is 10.8 Å². The monoisotopic (exact) mass is 283 g/mol. The van der Waals surface area contributed by atoms with Crippen LogP contribution in [0.25, 0.3) is 0 Å². The Morgan fingerprint density at radius 3 is 2.43 bits per heavy atom. The molecule has 6 nitrogen and oxygen atoms in total. The average molecular weight is 283 g/mol. The maximum Gasteiger partial charge on any atom is 0.271 e. The summed E-state index contributed by atoms with van der Waals surface area (Å²) < 4.78 is 0. The molecule has 0 unspecified atom stereocenters. The second kappa shape index (κ2) is 6.95. The van der Waals surface area contributed by atoms with Crippen LogP contribution in [0.3, 0.4) is 0 Å². The van der Waals surface area contributed by atoms with Crippen LogP contribution in [0, 0.1) is 10.1 Å². The van der Waals surface area contributed by atoms with Crippen LogP contribution in [0.2, 0.25) is 0 Å². The average Bonchev–Trinajstić information content (AvgIpc) is 2.52. The lowest BCUT2D eigenvalue weighted by atomic mass is 10.2. The summed E-state index contributed by atoms with van der Waals surface area (Å²) in [6, 6.07) is 15.0. The van der Waals surface area contributed by atoms with Crippen LogP contribution in [0.15, 0.2) is 59.7 Å². The van der Waals surface area contributed by atoms with E-state index in [-0.39, 0.29) is 5.69 Å². The second-order valence-corrected chi connectivity index (χ2v) is 4.25. The molecule has 0 saturated heterocycles. The number of hydrazone groups is 1. The van der Waals surface area contributed by atoms with E-state index in [9.17, 15) is 14.9 Å². The van der Waals surface area contributed by atoms with Crippen LogP contribution in [-0.4, -0.2) is 17.0 Å². The summed E-state index contributed by atoms with van der Waals surface area (Å²) in [6.07, 6.45) is 2.21. The van der Waals surface area contributed by atoms with Gasteiger partial charge in [0.25, 0.3) is 11.6 Å². The number of benzene rings is 2. The zero-order valence-electron chi connectivity index (χ0n) is 11.1. The summed E-state index contributed by atoms with van der Waals surface area (Å²) in [4.78, 5) is 21.7. The van der Waals surface area contributed by atoms with Crippen molar-refractivity contribution in [3.8, 4) is 0 Å². The largest absolute Gasteiger partial charge is 0.271 e. The lowest BCUT2D eigenvalue weighted by molar-refractivity contribution is -0.384. The van der Waals surface area contributed by atoms with Crippen LogP contribution in [0.5, 0.6) is 0 Å².